The van der Waals surface area contributed by atoms with Crippen LogP contribution in [0.15, 0.2) is 0 Å². The molecule has 0 aliphatic heterocycles. The summed E-state index contributed by atoms with van der Waals surface area (Å²) in [5, 5.41) is 0. The summed E-state index contributed by atoms with van der Waals surface area (Å²) in [4.78, 5) is 0. The average Bonchev–Trinajstić information content (AvgIpc) is 0. The molecule has 0 aliphatic rings. The van der Waals surface area contributed by atoms with Gasteiger partial charge in [0.2, 0.25) is 0 Å². The minimum atomic E-state index is 0. The van der Waals surface area contributed by atoms with Gasteiger partial charge in [0.1, 0.15) is 0 Å². The summed E-state index contributed by atoms with van der Waals surface area (Å²) < 4.78 is 0. The molecular weight excluding hydrogens is 181 g/mol. The first-order valence-corrected chi connectivity index (χ1v) is 0. The zero-order valence-electron chi connectivity index (χ0n) is 5.00. The van der Waals surface area contributed by atoms with Crippen molar-refractivity contribution in [2.24, 2.45) is 0 Å². The van der Waals surface area contributed by atoms with E-state index in [-0.39, 0.29) is 176 Å². The molecule has 0 amide bonds. The molecule has 0 saturated heterocycles. The number of hydrogen-bond donors (Lipinski definition) is 0. The monoisotopic (exact) mass is 189 g/mol. The first kappa shape index (κ1) is 60.2. The fourth-order valence-electron chi connectivity index (χ4n) is 0. The second-order valence-electron chi connectivity index (χ2n) is 0. The van der Waals surface area contributed by atoms with Gasteiger partial charge in [0.25, 0.3) is 0 Å². The smallest absolute Gasteiger partial charge is 0 e. The Morgan fingerprint density at radius 3 is 0.286 bits per heavy atom. The standard InChI is InChI=1S/3K.4H2O/h;;;4*1H2. The largest absolute Gasteiger partial charge is 0.412 e. The van der Waals surface area contributed by atoms with E-state index in [1.165, 1.54) is 0 Å². The van der Waals surface area contributed by atoms with Crippen LogP contribution in [-0.2, 0) is 0 Å². The zero-order valence-corrected chi connectivity index (χ0v) is 14.4. The number of rotatable bonds is 0. The van der Waals surface area contributed by atoms with Crippen molar-refractivity contribution >= 4 is 154 Å². The van der Waals surface area contributed by atoms with Gasteiger partial charge in [-0.1, -0.05) is 0 Å². The third-order valence-corrected chi connectivity index (χ3v) is 0. The molecule has 8 N–H and O–H groups in total. The van der Waals surface area contributed by atoms with Gasteiger partial charge in [-0.25, -0.2) is 0 Å². The molecule has 0 bridgehead atoms. The second kappa shape index (κ2) is 45.3. The molecule has 0 heterocycles. The third kappa shape index (κ3) is 36.5. The van der Waals surface area contributed by atoms with Gasteiger partial charge in [-0.2, -0.15) is 0 Å². The minimum absolute atomic E-state index is 0. The van der Waals surface area contributed by atoms with E-state index in [9.17, 15) is 0 Å². The van der Waals surface area contributed by atoms with Crippen LogP contribution in [0.5, 0.6) is 0 Å². The molecule has 0 fully saturated rings. The van der Waals surface area contributed by atoms with Crippen LogP contribution >= 0.6 is 0 Å². The van der Waals surface area contributed by atoms with Crippen LogP contribution in [0, 0.1) is 0 Å². The summed E-state index contributed by atoms with van der Waals surface area (Å²) in [6.07, 6.45) is 0. The van der Waals surface area contributed by atoms with Gasteiger partial charge in [-0.05, 0) is 0 Å². The fourth-order valence-corrected chi connectivity index (χ4v) is 0. The first-order chi connectivity index (χ1) is 0. The minimum Gasteiger partial charge on any atom is -0.412 e. The summed E-state index contributed by atoms with van der Waals surface area (Å²) in [5.41, 5.74) is 0. The van der Waals surface area contributed by atoms with Gasteiger partial charge in [0.15, 0.2) is 0 Å². The molecule has 0 unspecified atom stereocenters. The third-order valence-electron chi connectivity index (χ3n) is 0. The van der Waals surface area contributed by atoms with Crippen LogP contribution in [0.2, 0.25) is 0 Å². The molecule has 0 spiro atoms. The molecular formula is H8K3O4. The van der Waals surface area contributed by atoms with Crippen molar-refractivity contribution in [1.82, 2.24) is 0 Å². The normalized spacial score (nSPS) is 0. The van der Waals surface area contributed by atoms with Gasteiger partial charge in [0, 0.05) is 154 Å². The quantitative estimate of drug-likeness (QED) is 0.341. The summed E-state index contributed by atoms with van der Waals surface area (Å²) in [6.45, 7) is 0. The van der Waals surface area contributed by atoms with Crippen molar-refractivity contribution in [2.45, 2.75) is 0 Å². The summed E-state index contributed by atoms with van der Waals surface area (Å²) in [7, 11) is 0. The van der Waals surface area contributed by atoms with E-state index in [1.54, 1.807) is 0 Å². The van der Waals surface area contributed by atoms with E-state index >= 15 is 0 Å². The van der Waals surface area contributed by atoms with Crippen LogP contribution in [0.1, 0.15) is 0 Å². The topological polar surface area (TPSA) is 126 Å². The Morgan fingerprint density at radius 1 is 0.286 bits per heavy atom. The van der Waals surface area contributed by atoms with Crippen molar-refractivity contribution in [3.63, 3.8) is 0 Å². The Hall–Kier alpha value is 4.75. The van der Waals surface area contributed by atoms with E-state index in [0.717, 1.165) is 0 Å². The Kier molecular flexibility index (Phi) is 390. The number of hydrogen-bond acceptors (Lipinski definition) is 0. The van der Waals surface area contributed by atoms with Gasteiger partial charge in [-0.3, -0.25) is 0 Å². The van der Waals surface area contributed by atoms with Gasteiger partial charge >= 0.3 is 0 Å². The van der Waals surface area contributed by atoms with Gasteiger partial charge in [0.05, 0.1) is 0 Å². The molecule has 7 heteroatoms. The van der Waals surface area contributed by atoms with Crippen molar-refractivity contribution in [3.05, 3.63) is 0 Å². The molecule has 0 aliphatic carbocycles. The maximum atomic E-state index is 0. The van der Waals surface area contributed by atoms with E-state index in [1.807, 2.05) is 0 Å². The fraction of sp³-hybridized carbons (Fsp3) is 0. The molecule has 0 aromatic heterocycles. The maximum absolute atomic E-state index is 0. The van der Waals surface area contributed by atoms with Crippen LogP contribution in [0.25, 0.3) is 0 Å². The van der Waals surface area contributed by atoms with Gasteiger partial charge in [-0.15, -0.1) is 0 Å². The SMILES string of the molecule is O.O.O.O.[K].[K].[K]. The summed E-state index contributed by atoms with van der Waals surface area (Å²) in [5.74, 6) is 0. The Balaban J connectivity index is 0. The van der Waals surface area contributed by atoms with Crippen LogP contribution < -0.4 is 0 Å². The zero-order chi connectivity index (χ0) is 0. The van der Waals surface area contributed by atoms with Crippen molar-refractivity contribution in [1.29, 1.82) is 0 Å². The second-order valence-corrected chi connectivity index (χ2v) is 0. The maximum Gasteiger partial charge on any atom is 0 e. The predicted octanol–water partition coefficient (Wildman–Crippen LogP) is -4.44. The summed E-state index contributed by atoms with van der Waals surface area (Å²) in [6, 6.07) is 0. The van der Waals surface area contributed by atoms with Crippen molar-refractivity contribution in [2.75, 3.05) is 0 Å². The molecule has 35 valence electrons. The van der Waals surface area contributed by atoms with Crippen LogP contribution in [0.3, 0.4) is 0 Å². The Morgan fingerprint density at radius 2 is 0.286 bits per heavy atom. The Bertz CT molecular complexity index is 6.90. The molecule has 0 rings (SSSR count). The molecule has 0 saturated carbocycles. The Labute approximate surface area is 170 Å². The molecule has 4 nitrogen and oxygen atoms in total. The van der Waals surface area contributed by atoms with E-state index in [0.29, 0.717) is 0 Å². The van der Waals surface area contributed by atoms with Crippen LogP contribution in [-0.4, -0.2) is 176 Å². The van der Waals surface area contributed by atoms with Crippen molar-refractivity contribution in [3.8, 4) is 0 Å². The van der Waals surface area contributed by atoms with E-state index in [4.69, 9.17) is 0 Å². The van der Waals surface area contributed by atoms with Gasteiger partial charge < -0.3 is 21.9 Å². The van der Waals surface area contributed by atoms with Crippen LogP contribution in [0.4, 0.5) is 0 Å². The van der Waals surface area contributed by atoms with E-state index in [2.05, 4.69) is 0 Å². The molecule has 0 aromatic carbocycles. The molecule has 3 radical (unpaired) electrons. The van der Waals surface area contributed by atoms with Crippen molar-refractivity contribution < 1.29 is 21.9 Å². The average molecular weight is 189 g/mol. The molecule has 0 atom stereocenters. The predicted molar refractivity (Wildman–Crippen MR) is 31.7 cm³/mol. The summed E-state index contributed by atoms with van der Waals surface area (Å²) >= 11 is 0. The first-order valence-electron chi connectivity index (χ1n) is 0. The molecule has 7 heavy (non-hydrogen) atoms. The van der Waals surface area contributed by atoms with E-state index < -0.39 is 0 Å². The molecule has 0 aromatic rings.